The molecule has 1 unspecified atom stereocenters. The highest BCUT2D eigenvalue weighted by molar-refractivity contribution is 7.89. The molecule has 4 nitrogen and oxygen atoms in total. The third-order valence-corrected chi connectivity index (χ3v) is 4.92. The van der Waals surface area contributed by atoms with Crippen molar-refractivity contribution < 1.29 is 13.5 Å². The molecule has 0 radical (unpaired) electrons. The third-order valence-electron chi connectivity index (χ3n) is 2.95. The van der Waals surface area contributed by atoms with Crippen LogP contribution in [0.3, 0.4) is 0 Å². The molecule has 0 saturated carbocycles. The quantitative estimate of drug-likeness (QED) is 0.785. The molecule has 0 aliphatic carbocycles. The van der Waals surface area contributed by atoms with Crippen molar-refractivity contribution in [1.29, 1.82) is 0 Å². The fraction of sp³-hybridized carbons (Fsp3) is 1.00. The molecule has 15 heavy (non-hydrogen) atoms. The largest absolute Gasteiger partial charge is 0.396 e. The Balaban J connectivity index is 2.81. The standard InChI is InChI=1S/C10H21NO3S/c1-9(2)10(5-7-12)11-6-3-4-8-15(11,13)14/h9-10,12H,3-8H2,1-2H3. The Morgan fingerprint density at radius 2 is 2.00 bits per heavy atom. The average Bonchev–Trinajstić information content (AvgIpc) is 2.14. The van der Waals surface area contributed by atoms with Crippen LogP contribution in [0.2, 0.25) is 0 Å². The summed E-state index contributed by atoms with van der Waals surface area (Å²) >= 11 is 0. The molecule has 0 amide bonds. The lowest BCUT2D eigenvalue weighted by Gasteiger charge is -2.35. The van der Waals surface area contributed by atoms with Gasteiger partial charge < -0.3 is 5.11 Å². The molecule has 1 aliphatic heterocycles. The van der Waals surface area contributed by atoms with E-state index in [1.165, 1.54) is 0 Å². The van der Waals surface area contributed by atoms with Gasteiger partial charge in [-0.2, -0.15) is 4.31 Å². The number of aliphatic hydroxyl groups is 1. The van der Waals surface area contributed by atoms with Gasteiger partial charge in [-0.3, -0.25) is 0 Å². The number of sulfonamides is 1. The SMILES string of the molecule is CC(C)C(CCO)N1CCCCS1(=O)=O. The van der Waals surface area contributed by atoms with E-state index in [-0.39, 0.29) is 24.3 Å². The Morgan fingerprint density at radius 3 is 2.47 bits per heavy atom. The topological polar surface area (TPSA) is 57.6 Å². The number of aliphatic hydroxyl groups excluding tert-OH is 1. The maximum atomic E-state index is 11.8. The van der Waals surface area contributed by atoms with Gasteiger partial charge in [-0.1, -0.05) is 13.8 Å². The Morgan fingerprint density at radius 1 is 1.33 bits per heavy atom. The summed E-state index contributed by atoms with van der Waals surface area (Å²) in [6.07, 6.45) is 2.24. The third kappa shape index (κ3) is 3.16. The lowest BCUT2D eigenvalue weighted by atomic mass is 10.0. The van der Waals surface area contributed by atoms with Gasteiger partial charge in [-0.25, -0.2) is 8.42 Å². The highest BCUT2D eigenvalue weighted by Crippen LogP contribution is 2.23. The molecule has 1 atom stereocenters. The molecule has 1 aliphatic rings. The van der Waals surface area contributed by atoms with E-state index in [0.29, 0.717) is 13.0 Å². The van der Waals surface area contributed by atoms with Crippen LogP contribution in [0.5, 0.6) is 0 Å². The summed E-state index contributed by atoms with van der Waals surface area (Å²) in [6, 6.07) is -0.0414. The summed E-state index contributed by atoms with van der Waals surface area (Å²) in [7, 11) is -3.07. The second-order valence-electron chi connectivity index (χ2n) is 4.46. The van der Waals surface area contributed by atoms with Crippen molar-refractivity contribution in [3.05, 3.63) is 0 Å². The molecule has 1 heterocycles. The first-order chi connectivity index (χ1) is 6.99. The maximum Gasteiger partial charge on any atom is 0.214 e. The molecule has 1 fully saturated rings. The molecule has 0 aromatic heterocycles. The van der Waals surface area contributed by atoms with Gasteiger partial charge in [0.1, 0.15) is 0 Å². The fourth-order valence-corrected chi connectivity index (χ4v) is 4.09. The normalized spacial score (nSPS) is 24.3. The Labute approximate surface area is 92.3 Å². The van der Waals surface area contributed by atoms with Crippen LogP contribution < -0.4 is 0 Å². The molecular formula is C10H21NO3S. The first-order valence-electron chi connectivity index (χ1n) is 5.59. The first kappa shape index (κ1) is 12.9. The van der Waals surface area contributed by atoms with Crippen LogP contribution in [0.4, 0.5) is 0 Å². The smallest absolute Gasteiger partial charge is 0.214 e. The lowest BCUT2D eigenvalue weighted by molar-refractivity contribution is 0.186. The lowest BCUT2D eigenvalue weighted by Crippen LogP contribution is -2.47. The average molecular weight is 235 g/mol. The molecular weight excluding hydrogens is 214 g/mol. The van der Waals surface area contributed by atoms with Gasteiger partial charge in [-0.15, -0.1) is 0 Å². The minimum Gasteiger partial charge on any atom is -0.396 e. The Kier molecular flexibility index (Phi) is 4.55. The van der Waals surface area contributed by atoms with Crippen LogP contribution in [0, 0.1) is 5.92 Å². The van der Waals surface area contributed by atoms with Crippen molar-refractivity contribution in [1.82, 2.24) is 4.31 Å². The summed E-state index contributed by atoms with van der Waals surface area (Å²) in [5.74, 6) is 0.520. The monoisotopic (exact) mass is 235 g/mol. The zero-order valence-electron chi connectivity index (χ0n) is 9.52. The van der Waals surface area contributed by atoms with Crippen LogP contribution >= 0.6 is 0 Å². The van der Waals surface area contributed by atoms with Crippen molar-refractivity contribution in [3.8, 4) is 0 Å². The summed E-state index contributed by atoms with van der Waals surface area (Å²) in [6.45, 7) is 4.68. The van der Waals surface area contributed by atoms with Gasteiger partial charge in [0.25, 0.3) is 0 Å². The number of nitrogens with zero attached hydrogens (tertiary/aromatic N) is 1. The van der Waals surface area contributed by atoms with Crippen molar-refractivity contribution in [2.24, 2.45) is 5.92 Å². The molecule has 0 aromatic carbocycles. The molecule has 1 rings (SSSR count). The van der Waals surface area contributed by atoms with Gasteiger partial charge >= 0.3 is 0 Å². The van der Waals surface area contributed by atoms with Crippen LogP contribution in [0.1, 0.15) is 33.1 Å². The van der Waals surface area contributed by atoms with Crippen molar-refractivity contribution in [2.75, 3.05) is 18.9 Å². The summed E-state index contributed by atoms with van der Waals surface area (Å²) < 4.78 is 25.3. The van der Waals surface area contributed by atoms with Crippen LogP contribution in [-0.2, 0) is 10.0 Å². The van der Waals surface area contributed by atoms with Crippen LogP contribution in [0.25, 0.3) is 0 Å². The molecule has 90 valence electrons. The minimum atomic E-state index is -3.07. The maximum absolute atomic E-state index is 11.8. The van der Waals surface area contributed by atoms with Crippen molar-refractivity contribution >= 4 is 10.0 Å². The van der Waals surface area contributed by atoms with Crippen LogP contribution in [0.15, 0.2) is 0 Å². The molecule has 0 spiro atoms. The van der Waals surface area contributed by atoms with Crippen molar-refractivity contribution in [3.63, 3.8) is 0 Å². The Hall–Kier alpha value is -0.130. The molecule has 1 N–H and O–H groups in total. The second-order valence-corrected chi connectivity index (χ2v) is 6.50. The number of rotatable bonds is 4. The zero-order chi connectivity index (χ0) is 11.5. The number of hydrogen-bond donors (Lipinski definition) is 1. The van der Waals surface area contributed by atoms with E-state index in [1.54, 1.807) is 4.31 Å². The first-order valence-corrected chi connectivity index (χ1v) is 7.20. The molecule has 5 heteroatoms. The molecule has 0 aromatic rings. The predicted octanol–water partition coefficient (Wildman–Crippen LogP) is 0.819. The predicted molar refractivity (Wildman–Crippen MR) is 60.1 cm³/mol. The highest BCUT2D eigenvalue weighted by Gasteiger charge is 2.33. The van der Waals surface area contributed by atoms with Gasteiger partial charge in [0.2, 0.25) is 10.0 Å². The fourth-order valence-electron chi connectivity index (χ4n) is 2.12. The summed E-state index contributed by atoms with van der Waals surface area (Å²) in [4.78, 5) is 0. The van der Waals surface area contributed by atoms with Gasteiger partial charge in [0, 0.05) is 19.2 Å². The van der Waals surface area contributed by atoms with Gasteiger partial charge in [0.05, 0.1) is 5.75 Å². The highest BCUT2D eigenvalue weighted by atomic mass is 32.2. The second kappa shape index (κ2) is 5.27. The van der Waals surface area contributed by atoms with Crippen molar-refractivity contribution in [2.45, 2.75) is 39.2 Å². The zero-order valence-corrected chi connectivity index (χ0v) is 10.3. The van der Waals surface area contributed by atoms with E-state index in [0.717, 1.165) is 12.8 Å². The van der Waals surface area contributed by atoms with E-state index in [4.69, 9.17) is 5.11 Å². The van der Waals surface area contributed by atoms with Gasteiger partial charge in [0.15, 0.2) is 0 Å². The Bertz CT molecular complexity index is 287. The van der Waals surface area contributed by atoms with E-state index < -0.39 is 10.0 Å². The van der Waals surface area contributed by atoms with E-state index in [1.807, 2.05) is 13.8 Å². The van der Waals surface area contributed by atoms with Gasteiger partial charge in [-0.05, 0) is 25.2 Å². The van der Waals surface area contributed by atoms with E-state index >= 15 is 0 Å². The summed E-state index contributed by atoms with van der Waals surface area (Å²) in [5, 5.41) is 8.96. The summed E-state index contributed by atoms with van der Waals surface area (Å²) in [5.41, 5.74) is 0. The van der Waals surface area contributed by atoms with Crippen LogP contribution in [-0.4, -0.2) is 42.8 Å². The van der Waals surface area contributed by atoms with E-state index in [2.05, 4.69) is 0 Å². The number of hydrogen-bond acceptors (Lipinski definition) is 3. The van der Waals surface area contributed by atoms with E-state index in [9.17, 15) is 8.42 Å². The minimum absolute atomic E-state index is 0.0414. The molecule has 0 bridgehead atoms. The molecule has 1 saturated heterocycles.